The van der Waals surface area contributed by atoms with E-state index in [0.717, 1.165) is 12.8 Å². The molecule has 4 nitrogen and oxygen atoms in total. The second-order valence-electron chi connectivity index (χ2n) is 6.54. The van der Waals surface area contributed by atoms with Crippen molar-refractivity contribution in [2.45, 2.75) is 65.2 Å². The highest BCUT2D eigenvalue weighted by atomic mass is 16.6. The van der Waals surface area contributed by atoms with Crippen LogP contribution in [0.2, 0.25) is 0 Å². The topological polar surface area (TPSA) is 47.6 Å². The van der Waals surface area contributed by atoms with Crippen molar-refractivity contribution in [3.63, 3.8) is 0 Å². The minimum Gasteiger partial charge on any atom is -0.482 e. The van der Waals surface area contributed by atoms with Crippen molar-refractivity contribution in [1.29, 1.82) is 0 Å². The number of fused-ring (bicyclic) bond motifs is 1. The molecule has 0 bridgehead atoms. The van der Waals surface area contributed by atoms with Crippen molar-refractivity contribution in [2.24, 2.45) is 5.92 Å². The number of carbonyl (C=O) groups is 1. The van der Waals surface area contributed by atoms with E-state index in [1.165, 1.54) is 6.42 Å². The van der Waals surface area contributed by atoms with Crippen LogP contribution in [0, 0.1) is 5.92 Å². The summed E-state index contributed by atoms with van der Waals surface area (Å²) in [5, 5.41) is 3.04. The molecule has 0 saturated carbocycles. The summed E-state index contributed by atoms with van der Waals surface area (Å²) >= 11 is 0. The predicted molar refractivity (Wildman–Crippen MR) is 87.2 cm³/mol. The molecular weight excluding hydrogens is 278 g/mol. The van der Waals surface area contributed by atoms with E-state index < -0.39 is 6.10 Å². The van der Waals surface area contributed by atoms with E-state index in [1.807, 2.05) is 38.1 Å². The third-order valence-corrected chi connectivity index (χ3v) is 3.91. The molecule has 2 rings (SSSR count). The third-order valence-electron chi connectivity index (χ3n) is 3.91. The molecule has 0 spiro atoms. The van der Waals surface area contributed by atoms with Crippen LogP contribution < -0.4 is 14.8 Å². The third kappa shape index (κ3) is 4.39. The van der Waals surface area contributed by atoms with Gasteiger partial charge in [-0.25, -0.2) is 0 Å². The molecule has 0 radical (unpaired) electrons. The van der Waals surface area contributed by atoms with E-state index >= 15 is 0 Å². The first kappa shape index (κ1) is 16.7. The average molecular weight is 305 g/mol. The van der Waals surface area contributed by atoms with Crippen LogP contribution in [0.3, 0.4) is 0 Å². The lowest BCUT2D eigenvalue weighted by Gasteiger charge is -2.31. The Balaban J connectivity index is 1.87. The van der Waals surface area contributed by atoms with Crippen LogP contribution in [-0.2, 0) is 4.79 Å². The van der Waals surface area contributed by atoms with Crippen LogP contribution in [0.15, 0.2) is 24.3 Å². The van der Waals surface area contributed by atoms with Gasteiger partial charge in [0.05, 0.1) is 0 Å². The second kappa shape index (κ2) is 7.52. The van der Waals surface area contributed by atoms with Gasteiger partial charge in [-0.05, 0) is 38.3 Å². The molecule has 1 aliphatic heterocycles. The summed E-state index contributed by atoms with van der Waals surface area (Å²) < 4.78 is 11.6. The van der Waals surface area contributed by atoms with Gasteiger partial charge >= 0.3 is 0 Å². The van der Waals surface area contributed by atoms with E-state index in [2.05, 4.69) is 19.2 Å². The molecule has 1 amide bonds. The molecule has 0 aliphatic carbocycles. The SMILES string of the molecule is CC(C)CCC[C@H](C)NC(=O)[C@@H]1Oc2ccccc2O[C@H]1C. The van der Waals surface area contributed by atoms with Gasteiger partial charge in [-0.1, -0.05) is 38.8 Å². The largest absolute Gasteiger partial charge is 0.482 e. The average Bonchev–Trinajstić information content (AvgIpc) is 2.45. The molecule has 1 aliphatic rings. The van der Waals surface area contributed by atoms with Crippen LogP contribution in [0.5, 0.6) is 11.5 Å². The predicted octanol–water partition coefficient (Wildman–Crippen LogP) is 3.55. The molecule has 122 valence electrons. The van der Waals surface area contributed by atoms with Crippen LogP contribution in [0.4, 0.5) is 0 Å². The molecule has 0 unspecified atom stereocenters. The molecule has 0 fully saturated rings. The Bertz CT molecular complexity index is 501. The number of hydrogen-bond acceptors (Lipinski definition) is 3. The summed E-state index contributed by atoms with van der Waals surface area (Å²) in [7, 11) is 0. The Morgan fingerprint density at radius 2 is 1.77 bits per heavy atom. The van der Waals surface area contributed by atoms with E-state index in [9.17, 15) is 4.79 Å². The van der Waals surface area contributed by atoms with Crippen molar-refractivity contribution < 1.29 is 14.3 Å². The maximum atomic E-state index is 12.4. The van der Waals surface area contributed by atoms with Crippen molar-refractivity contribution >= 4 is 5.91 Å². The first-order valence-corrected chi connectivity index (χ1v) is 8.20. The van der Waals surface area contributed by atoms with E-state index in [-0.39, 0.29) is 18.1 Å². The van der Waals surface area contributed by atoms with Gasteiger partial charge in [0, 0.05) is 6.04 Å². The normalized spacial score (nSPS) is 21.5. The Kier molecular flexibility index (Phi) is 5.69. The van der Waals surface area contributed by atoms with Gasteiger partial charge < -0.3 is 14.8 Å². The fourth-order valence-electron chi connectivity index (χ4n) is 2.64. The van der Waals surface area contributed by atoms with Crippen LogP contribution >= 0.6 is 0 Å². The number of carbonyl (C=O) groups excluding carboxylic acids is 1. The van der Waals surface area contributed by atoms with E-state index in [1.54, 1.807) is 0 Å². The maximum Gasteiger partial charge on any atom is 0.265 e. The van der Waals surface area contributed by atoms with E-state index in [4.69, 9.17) is 9.47 Å². The zero-order valence-electron chi connectivity index (χ0n) is 14.0. The highest BCUT2D eigenvalue weighted by Crippen LogP contribution is 2.33. The maximum absolute atomic E-state index is 12.4. The lowest BCUT2D eigenvalue weighted by Crippen LogP contribution is -2.51. The monoisotopic (exact) mass is 305 g/mol. The van der Waals surface area contributed by atoms with E-state index in [0.29, 0.717) is 17.4 Å². The van der Waals surface area contributed by atoms with Gasteiger partial charge in [0.1, 0.15) is 6.10 Å². The molecule has 1 aromatic carbocycles. The van der Waals surface area contributed by atoms with Gasteiger partial charge in [-0.15, -0.1) is 0 Å². The van der Waals surface area contributed by atoms with Gasteiger partial charge in [-0.2, -0.15) is 0 Å². The molecule has 0 saturated heterocycles. The summed E-state index contributed by atoms with van der Waals surface area (Å²) in [5.41, 5.74) is 0. The Hall–Kier alpha value is -1.71. The molecule has 4 heteroatoms. The van der Waals surface area contributed by atoms with Gasteiger partial charge in [0.2, 0.25) is 6.10 Å². The van der Waals surface area contributed by atoms with Crippen molar-refractivity contribution in [1.82, 2.24) is 5.32 Å². The highest BCUT2D eigenvalue weighted by molar-refractivity contribution is 5.82. The number of amides is 1. The number of ether oxygens (including phenoxy) is 2. The van der Waals surface area contributed by atoms with Crippen LogP contribution in [0.25, 0.3) is 0 Å². The summed E-state index contributed by atoms with van der Waals surface area (Å²) in [6.07, 6.45) is 2.41. The Morgan fingerprint density at radius 3 is 2.41 bits per heavy atom. The first-order chi connectivity index (χ1) is 10.5. The standard InChI is InChI=1S/C18H27NO3/c1-12(2)8-7-9-13(3)19-18(20)17-14(4)21-15-10-5-6-11-16(15)22-17/h5-6,10-14,17H,7-9H2,1-4H3,(H,19,20)/t13-,14-,17+/m0/s1. The smallest absolute Gasteiger partial charge is 0.265 e. The molecule has 1 heterocycles. The Labute approximate surface area is 133 Å². The van der Waals surface area contributed by atoms with Crippen LogP contribution in [0.1, 0.15) is 47.0 Å². The number of nitrogens with one attached hydrogen (secondary N) is 1. The fourth-order valence-corrected chi connectivity index (χ4v) is 2.64. The molecule has 22 heavy (non-hydrogen) atoms. The van der Waals surface area contributed by atoms with Gasteiger partial charge in [0.25, 0.3) is 5.91 Å². The molecule has 0 aromatic heterocycles. The number of para-hydroxylation sites is 2. The molecule has 3 atom stereocenters. The minimum atomic E-state index is -0.595. The Morgan fingerprint density at radius 1 is 1.14 bits per heavy atom. The minimum absolute atomic E-state index is 0.0981. The molecule has 1 aromatic rings. The fraction of sp³-hybridized carbons (Fsp3) is 0.611. The second-order valence-corrected chi connectivity index (χ2v) is 6.54. The molecular formula is C18H27NO3. The van der Waals surface area contributed by atoms with Crippen molar-refractivity contribution in [3.05, 3.63) is 24.3 Å². The highest BCUT2D eigenvalue weighted by Gasteiger charge is 2.34. The number of hydrogen-bond donors (Lipinski definition) is 1. The quantitative estimate of drug-likeness (QED) is 0.874. The summed E-state index contributed by atoms with van der Waals surface area (Å²) in [5.74, 6) is 1.94. The summed E-state index contributed by atoms with van der Waals surface area (Å²) in [6.45, 7) is 8.34. The molecule has 1 N–H and O–H groups in total. The zero-order chi connectivity index (χ0) is 16.1. The lowest BCUT2D eigenvalue weighted by atomic mass is 10.0. The van der Waals surface area contributed by atoms with Crippen molar-refractivity contribution in [2.75, 3.05) is 0 Å². The van der Waals surface area contributed by atoms with Gasteiger partial charge in [-0.3, -0.25) is 4.79 Å². The zero-order valence-corrected chi connectivity index (χ0v) is 14.0. The van der Waals surface area contributed by atoms with Crippen molar-refractivity contribution in [3.8, 4) is 11.5 Å². The summed E-state index contributed by atoms with van der Waals surface area (Å²) in [4.78, 5) is 12.4. The lowest BCUT2D eigenvalue weighted by molar-refractivity contribution is -0.134. The first-order valence-electron chi connectivity index (χ1n) is 8.20. The van der Waals surface area contributed by atoms with Gasteiger partial charge in [0.15, 0.2) is 11.5 Å². The number of rotatable bonds is 6. The number of benzene rings is 1. The van der Waals surface area contributed by atoms with Crippen LogP contribution in [-0.4, -0.2) is 24.2 Å². The summed E-state index contributed by atoms with van der Waals surface area (Å²) in [6, 6.07) is 7.61.